The molecule has 21 heavy (non-hydrogen) atoms. The van der Waals surface area contributed by atoms with Crippen LogP contribution < -0.4 is 5.32 Å². The Balaban J connectivity index is 1.95. The Morgan fingerprint density at radius 1 is 1.29 bits per heavy atom. The molecule has 1 aliphatic rings. The quantitative estimate of drug-likeness (QED) is 0.820. The Morgan fingerprint density at radius 2 is 1.90 bits per heavy atom. The summed E-state index contributed by atoms with van der Waals surface area (Å²) in [6, 6.07) is 4.51. The largest absolute Gasteiger partial charge is 0.464 e. The zero-order valence-electron chi connectivity index (χ0n) is 12.3. The lowest BCUT2D eigenvalue weighted by atomic mass is 10.0. The summed E-state index contributed by atoms with van der Waals surface area (Å²) in [6.07, 6.45) is 2.20. The van der Waals surface area contributed by atoms with Crippen molar-refractivity contribution >= 4 is 11.9 Å². The number of carbonyl (C=O) groups is 2. The molecule has 1 N–H and O–H groups in total. The van der Waals surface area contributed by atoms with Gasteiger partial charge in [0, 0.05) is 5.56 Å². The highest BCUT2D eigenvalue weighted by Gasteiger charge is 2.29. The Labute approximate surface area is 123 Å². The fourth-order valence-corrected chi connectivity index (χ4v) is 1.90. The van der Waals surface area contributed by atoms with E-state index >= 15 is 0 Å². The van der Waals surface area contributed by atoms with Gasteiger partial charge >= 0.3 is 5.97 Å². The lowest BCUT2D eigenvalue weighted by Crippen LogP contribution is -2.45. The van der Waals surface area contributed by atoms with E-state index in [2.05, 4.69) is 5.32 Å². The second-order valence-corrected chi connectivity index (χ2v) is 5.78. The molecule has 114 valence electrons. The first-order chi connectivity index (χ1) is 9.97. The molecule has 1 fully saturated rings. The molecule has 0 bridgehead atoms. The van der Waals surface area contributed by atoms with Gasteiger partial charge in [-0.1, -0.05) is 13.8 Å². The van der Waals surface area contributed by atoms with E-state index in [0.29, 0.717) is 18.1 Å². The van der Waals surface area contributed by atoms with Crippen molar-refractivity contribution in [1.82, 2.24) is 5.32 Å². The zero-order chi connectivity index (χ0) is 15.4. The molecule has 1 aromatic rings. The van der Waals surface area contributed by atoms with Crippen LogP contribution in [-0.4, -0.2) is 24.5 Å². The Hall–Kier alpha value is -1.91. The Kier molecular flexibility index (Phi) is 4.94. The van der Waals surface area contributed by atoms with E-state index in [1.165, 1.54) is 24.3 Å². The number of carbonyl (C=O) groups excluding carboxylic acids is 2. The third-order valence-electron chi connectivity index (χ3n) is 3.47. The number of nitrogens with one attached hydrogen (secondary N) is 1. The van der Waals surface area contributed by atoms with Crippen LogP contribution in [0.2, 0.25) is 0 Å². The maximum Gasteiger partial charge on any atom is 0.328 e. The number of benzene rings is 1. The van der Waals surface area contributed by atoms with E-state index in [4.69, 9.17) is 4.74 Å². The van der Waals surface area contributed by atoms with Gasteiger partial charge in [0.2, 0.25) is 0 Å². The van der Waals surface area contributed by atoms with Gasteiger partial charge < -0.3 is 10.1 Å². The number of esters is 1. The molecule has 4 nitrogen and oxygen atoms in total. The maximum absolute atomic E-state index is 12.8. The van der Waals surface area contributed by atoms with Crippen LogP contribution in [0.3, 0.4) is 0 Å². The van der Waals surface area contributed by atoms with Gasteiger partial charge in [-0.2, -0.15) is 0 Å². The average molecular weight is 293 g/mol. The second-order valence-electron chi connectivity index (χ2n) is 5.78. The molecule has 0 heterocycles. The molecule has 0 saturated heterocycles. The summed E-state index contributed by atoms with van der Waals surface area (Å²) in [5.41, 5.74) is 0.317. The fourth-order valence-electron chi connectivity index (χ4n) is 1.90. The fraction of sp³-hybridized carbons (Fsp3) is 0.500. The molecule has 1 saturated carbocycles. The molecule has 0 radical (unpaired) electrons. The topological polar surface area (TPSA) is 55.4 Å². The predicted molar refractivity (Wildman–Crippen MR) is 76.2 cm³/mol. The number of amides is 1. The van der Waals surface area contributed by atoms with Crippen molar-refractivity contribution in [2.75, 3.05) is 6.61 Å². The molecular formula is C16H20FNO3. The highest BCUT2D eigenvalue weighted by atomic mass is 19.1. The predicted octanol–water partition coefficient (Wildman–Crippen LogP) is 2.53. The van der Waals surface area contributed by atoms with E-state index in [1.807, 2.05) is 13.8 Å². The van der Waals surface area contributed by atoms with Gasteiger partial charge in [-0.3, -0.25) is 4.79 Å². The van der Waals surface area contributed by atoms with Crippen molar-refractivity contribution in [3.63, 3.8) is 0 Å². The van der Waals surface area contributed by atoms with Crippen LogP contribution in [0, 0.1) is 17.7 Å². The highest BCUT2D eigenvalue weighted by Crippen LogP contribution is 2.29. The maximum atomic E-state index is 12.8. The summed E-state index contributed by atoms with van der Waals surface area (Å²) in [6.45, 7) is 4.11. The minimum absolute atomic E-state index is 0.0823. The SMILES string of the molecule is CC(C)C(NC(=O)c1ccc(F)cc1)C(=O)OCC1CC1. The minimum Gasteiger partial charge on any atom is -0.464 e. The Morgan fingerprint density at radius 3 is 2.43 bits per heavy atom. The summed E-state index contributed by atoms with van der Waals surface area (Å²) < 4.78 is 18.1. The van der Waals surface area contributed by atoms with Gasteiger partial charge in [0.15, 0.2) is 0 Å². The van der Waals surface area contributed by atoms with E-state index in [9.17, 15) is 14.0 Å². The number of halogens is 1. The molecule has 1 amide bonds. The van der Waals surface area contributed by atoms with Crippen LogP contribution in [-0.2, 0) is 9.53 Å². The standard InChI is InChI=1S/C16H20FNO3/c1-10(2)14(16(20)21-9-11-3-4-11)18-15(19)12-5-7-13(17)8-6-12/h5-8,10-11,14H,3-4,9H2,1-2H3,(H,18,19). The minimum atomic E-state index is -0.693. The van der Waals surface area contributed by atoms with E-state index in [-0.39, 0.29) is 5.92 Å². The lowest BCUT2D eigenvalue weighted by Gasteiger charge is -2.20. The molecule has 5 heteroatoms. The molecule has 1 aliphatic carbocycles. The van der Waals surface area contributed by atoms with Crippen LogP contribution in [0.25, 0.3) is 0 Å². The normalized spacial score (nSPS) is 15.6. The molecule has 1 unspecified atom stereocenters. The first kappa shape index (κ1) is 15.5. The monoisotopic (exact) mass is 293 g/mol. The molecule has 0 aromatic heterocycles. The lowest BCUT2D eigenvalue weighted by molar-refractivity contribution is -0.147. The third-order valence-corrected chi connectivity index (χ3v) is 3.47. The number of hydrogen-bond donors (Lipinski definition) is 1. The van der Waals surface area contributed by atoms with Crippen molar-refractivity contribution in [1.29, 1.82) is 0 Å². The van der Waals surface area contributed by atoms with Crippen molar-refractivity contribution < 1.29 is 18.7 Å². The molecule has 1 atom stereocenters. The van der Waals surface area contributed by atoms with Crippen LogP contribution in [0.5, 0.6) is 0 Å². The molecule has 1 aromatic carbocycles. The first-order valence-electron chi connectivity index (χ1n) is 7.20. The smallest absolute Gasteiger partial charge is 0.328 e. The number of ether oxygens (including phenoxy) is 1. The van der Waals surface area contributed by atoms with Gasteiger partial charge in [-0.15, -0.1) is 0 Å². The van der Waals surface area contributed by atoms with Crippen LogP contribution in [0.4, 0.5) is 4.39 Å². The first-order valence-corrected chi connectivity index (χ1v) is 7.20. The van der Waals surface area contributed by atoms with Crippen LogP contribution in [0.1, 0.15) is 37.0 Å². The summed E-state index contributed by atoms with van der Waals surface area (Å²) >= 11 is 0. The van der Waals surface area contributed by atoms with E-state index in [1.54, 1.807) is 0 Å². The number of hydrogen-bond acceptors (Lipinski definition) is 3. The van der Waals surface area contributed by atoms with Gasteiger partial charge in [0.25, 0.3) is 5.91 Å². The van der Waals surface area contributed by atoms with Crippen molar-refractivity contribution in [3.8, 4) is 0 Å². The average Bonchev–Trinajstić information content (AvgIpc) is 3.26. The van der Waals surface area contributed by atoms with Gasteiger partial charge in [0.05, 0.1) is 6.61 Å². The number of rotatable bonds is 6. The third kappa shape index (κ3) is 4.55. The zero-order valence-corrected chi connectivity index (χ0v) is 12.3. The van der Waals surface area contributed by atoms with Gasteiger partial charge in [-0.05, 0) is 48.9 Å². The van der Waals surface area contributed by atoms with Crippen molar-refractivity contribution in [2.24, 2.45) is 11.8 Å². The summed E-state index contributed by atoms with van der Waals surface area (Å²) in [5.74, 6) is -0.823. The highest BCUT2D eigenvalue weighted by molar-refractivity contribution is 5.96. The van der Waals surface area contributed by atoms with Crippen LogP contribution >= 0.6 is 0 Å². The molecule has 0 aliphatic heterocycles. The van der Waals surface area contributed by atoms with Crippen molar-refractivity contribution in [2.45, 2.75) is 32.7 Å². The molecule has 0 spiro atoms. The molecular weight excluding hydrogens is 273 g/mol. The van der Waals surface area contributed by atoms with Crippen molar-refractivity contribution in [3.05, 3.63) is 35.6 Å². The van der Waals surface area contributed by atoms with Crippen LogP contribution in [0.15, 0.2) is 24.3 Å². The van der Waals surface area contributed by atoms with Gasteiger partial charge in [-0.25, -0.2) is 9.18 Å². The molecule has 2 rings (SSSR count). The van der Waals surface area contributed by atoms with E-state index in [0.717, 1.165) is 12.8 Å². The summed E-state index contributed by atoms with van der Waals surface area (Å²) in [5, 5.41) is 2.66. The second kappa shape index (κ2) is 6.70. The summed E-state index contributed by atoms with van der Waals surface area (Å²) in [7, 11) is 0. The Bertz CT molecular complexity index is 509. The summed E-state index contributed by atoms with van der Waals surface area (Å²) in [4.78, 5) is 24.1. The van der Waals surface area contributed by atoms with E-state index < -0.39 is 23.7 Å². The van der Waals surface area contributed by atoms with Gasteiger partial charge in [0.1, 0.15) is 11.9 Å².